The van der Waals surface area contributed by atoms with Crippen molar-refractivity contribution in [3.05, 3.63) is 47.5 Å². The van der Waals surface area contributed by atoms with Crippen molar-refractivity contribution in [2.75, 3.05) is 0 Å². The van der Waals surface area contributed by atoms with E-state index in [1.807, 2.05) is 0 Å². The number of benzene rings is 1. The molecule has 1 aliphatic rings. The van der Waals surface area contributed by atoms with Gasteiger partial charge in [-0.1, -0.05) is 18.2 Å². The zero-order chi connectivity index (χ0) is 16.9. The summed E-state index contributed by atoms with van der Waals surface area (Å²) in [6, 6.07) is 5.46. The molecule has 128 valence electrons. The first kappa shape index (κ1) is 18.0. The molecule has 5 heteroatoms. The molecule has 0 bridgehead atoms. The van der Waals surface area contributed by atoms with Crippen LogP contribution in [-0.4, -0.2) is 6.43 Å². The first-order chi connectivity index (χ1) is 10.9. The Labute approximate surface area is 133 Å². The van der Waals surface area contributed by atoms with Gasteiger partial charge in [-0.2, -0.15) is 13.2 Å². The number of hydrogen-bond acceptors (Lipinski definition) is 0. The molecule has 0 atom stereocenters. The fourth-order valence-electron chi connectivity index (χ4n) is 3.26. The quantitative estimate of drug-likeness (QED) is 0.422. The van der Waals surface area contributed by atoms with E-state index in [0.717, 1.165) is 55.9 Å². The van der Waals surface area contributed by atoms with Gasteiger partial charge in [0.15, 0.2) is 0 Å². The minimum atomic E-state index is -4.29. The van der Waals surface area contributed by atoms with Crippen LogP contribution in [0.2, 0.25) is 0 Å². The minimum Gasteiger partial charge on any atom is -0.206 e. The Morgan fingerprint density at radius 1 is 1.00 bits per heavy atom. The van der Waals surface area contributed by atoms with E-state index in [9.17, 15) is 22.0 Å². The molecule has 0 N–H and O–H groups in total. The predicted molar refractivity (Wildman–Crippen MR) is 80.5 cm³/mol. The van der Waals surface area contributed by atoms with Crippen LogP contribution in [0.5, 0.6) is 0 Å². The van der Waals surface area contributed by atoms with Gasteiger partial charge < -0.3 is 0 Å². The Kier molecular flexibility index (Phi) is 6.19. The highest BCUT2D eigenvalue weighted by Crippen LogP contribution is 2.38. The third-order valence-corrected chi connectivity index (χ3v) is 4.58. The van der Waals surface area contributed by atoms with Crippen LogP contribution in [0.25, 0.3) is 0 Å². The average Bonchev–Trinajstić information content (AvgIpc) is 2.51. The lowest BCUT2D eigenvalue weighted by atomic mass is 9.77. The highest BCUT2D eigenvalue weighted by Gasteiger charge is 2.30. The molecule has 0 spiro atoms. The van der Waals surface area contributed by atoms with E-state index in [2.05, 4.69) is 0 Å². The first-order valence-corrected chi connectivity index (χ1v) is 7.98. The average molecular weight is 332 g/mol. The lowest BCUT2D eigenvalue weighted by Crippen LogP contribution is -2.13. The van der Waals surface area contributed by atoms with E-state index in [4.69, 9.17) is 0 Å². The molecule has 0 radical (unpaired) electrons. The maximum absolute atomic E-state index is 12.6. The highest BCUT2D eigenvalue weighted by molar-refractivity contribution is 5.27. The van der Waals surface area contributed by atoms with Gasteiger partial charge in [0.1, 0.15) is 0 Å². The lowest BCUT2D eigenvalue weighted by Gasteiger charge is -2.28. The van der Waals surface area contributed by atoms with Gasteiger partial charge in [-0.25, -0.2) is 8.78 Å². The van der Waals surface area contributed by atoms with Crippen molar-refractivity contribution in [3.8, 4) is 0 Å². The lowest BCUT2D eigenvalue weighted by molar-refractivity contribution is -0.137. The second-order valence-corrected chi connectivity index (χ2v) is 6.18. The third kappa shape index (κ3) is 5.63. The molecule has 23 heavy (non-hydrogen) atoms. The summed E-state index contributed by atoms with van der Waals surface area (Å²) in [5.74, 6) is 0.841. The predicted octanol–water partition coefficient (Wildman–Crippen LogP) is 6.58. The van der Waals surface area contributed by atoms with E-state index in [1.54, 1.807) is 12.1 Å². The van der Waals surface area contributed by atoms with E-state index < -0.39 is 18.2 Å². The van der Waals surface area contributed by atoms with E-state index in [-0.39, 0.29) is 0 Å². The summed E-state index contributed by atoms with van der Waals surface area (Å²) in [7, 11) is 0. The van der Waals surface area contributed by atoms with Crippen LogP contribution in [0, 0.1) is 5.92 Å². The summed E-state index contributed by atoms with van der Waals surface area (Å²) >= 11 is 0. The Bertz CT molecular complexity index is 493. The number of rotatable bonds is 5. The molecule has 0 saturated heterocycles. The molecule has 2 rings (SSSR count). The van der Waals surface area contributed by atoms with Gasteiger partial charge in [0, 0.05) is 0 Å². The van der Waals surface area contributed by atoms with Crippen molar-refractivity contribution in [2.45, 2.75) is 57.0 Å². The van der Waals surface area contributed by atoms with Crippen LogP contribution in [0.15, 0.2) is 36.4 Å². The molecular weight excluding hydrogens is 311 g/mol. The van der Waals surface area contributed by atoms with E-state index >= 15 is 0 Å². The molecular formula is C18H21F5. The van der Waals surface area contributed by atoms with Gasteiger partial charge in [-0.3, -0.25) is 0 Å². The zero-order valence-electron chi connectivity index (χ0n) is 12.8. The molecule has 1 aromatic rings. The minimum absolute atomic E-state index is 0.310. The van der Waals surface area contributed by atoms with E-state index in [1.165, 1.54) is 6.08 Å². The SMILES string of the molecule is FC(F)C=CCC[C@H]1CC[C@H](c2ccc(C(F)(F)F)cc2)CC1. The largest absolute Gasteiger partial charge is 0.416 e. The van der Waals surface area contributed by atoms with Crippen molar-refractivity contribution < 1.29 is 22.0 Å². The first-order valence-electron chi connectivity index (χ1n) is 7.98. The monoisotopic (exact) mass is 332 g/mol. The molecule has 1 aromatic carbocycles. The standard InChI is InChI=1S/C18H21F5/c19-17(20)4-2-1-3-13-5-7-14(8-6-13)15-9-11-16(12-10-15)18(21,22)23/h2,4,9-14,17H,1,3,5-8H2/t13-,14-. The fraction of sp³-hybridized carbons (Fsp3) is 0.556. The second-order valence-electron chi connectivity index (χ2n) is 6.18. The topological polar surface area (TPSA) is 0 Å². The van der Waals surface area contributed by atoms with Crippen molar-refractivity contribution in [2.24, 2.45) is 5.92 Å². The molecule has 1 aliphatic carbocycles. The van der Waals surface area contributed by atoms with Crippen LogP contribution < -0.4 is 0 Å². The number of hydrogen-bond donors (Lipinski definition) is 0. The number of alkyl halides is 5. The Morgan fingerprint density at radius 2 is 1.61 bits per heavy atom. The zero-order valence-corrected chi connectivity index (χ0v) is 12.8. The van der Waals surface area contributed by atoms with Crippen LogP contribution >= 0.6 is 0 Å². The Hall–Kier alpha value is -1.39. The Balaban J connectivity index is 1.80. The molecule has 1 saturated carbocycles. The molecule has 0 aliphatic heterocycles. The molecule has 0 nitrogen and oxygen atoms in total. The van der Waals surface area contributed by atoms with Crippen LogP contribution in [0.1, 0.15) is 55.6 Å². The van der Waals surface area contributed by atoms with Gasteiger partial charge in [0.25, 0.3) is 6.43 Å². The highest BCUT2D eigenvalue weighted by atomic mass is 19.4. The van der Waals surface area contributed by atoms with Crippen molar-refractivity contribution >= 4 is 0 Å². The third-order valence-electron chi connectivity index (χ3n) is 4.58. The van der Waals surface area contributed by atoms with Gasteiger partial charge in [-0.05, 0) is 74.1 Å². The van der Waals surface area contributed by atoms with Crippen molar-refractivity contribution in [1.29, 1.82) is 0 Å². The normalized spacial score (nSPS) is 22.9. The maximum Gasteiger partial charge on any atom is 0.416 e. The summed E-state index contributed by atoms with van der Waals surface area (Å²) in [6.07, 6.45) is 1.28. The number of halogens is 5. The van der Waals surface area contributed by atoms with Crippen LogP contribution in [0.3, 0.4) is 0 Å². The Morgan fingerprint density at radius 3 is 2.13 bits per heavy atom. The summed E-state index contributed by atoms with van der Waals surface area (Å²) < 4.78 is 61.6. The summed E-state index contributed by atoms with van der Waals surface area (Å²) in [6.45, 7) is 0. The summed E-state index contributed by atoms with van der Waals surface area (Å²) in [4.78, 5) is 0. The summed E-state index contributed by atoms with van der Waals surface area (Å²) in [5.41, 5.74) is 0.356. The molecule has 0 heterocycles. The molecule has 1 fully saturated rings. The maximum atomic E-state index is 12.6. The van der Waals surface area contributed by atoms with Gasteiger partial charge >= 0.3 is 6.18 Å². The molecule has 0 amide bonds. The van der Waals surface area contributed by atoms with Crippen LogP contribution in [-0.2, 0) is 6.18 Å². The van der Waals surface area contributed by atoms with Gasteiger partial charge in [0.2, 0.25) is 0 Å². The van der Waals surface area contributed by atoms with Crippen molar-refractivity contribution in [1.82, 2.24) is 0 Å². The number of allylic oxidation sites excluding steroid dienone is 2. The molecule has 0 unspecified atom stereocenters. The van der Waals surface area contributed by atoms with Crippen LogP contribution in [0.4, 0.5) is 22.0 Å². The fourth-order valence-corrected chi connectivity index (χ4v) is 3.26. The van der Waals surface area contributed by atoms with Gasteiger partial charge in [0.05, 0.1) is 5.56 Å². The smallest absolute Gasteiger partial charge is 0.206 e. The molecule has 0 aromatic heterocycles. The summed E-state index contributed by atoms with van der Waals surface area (Å²) in [5, 5.41) is 0. The second kappa shape index (κ2) is 7.93. The van der Waals surface area contributed by atoms with Crippen molar-refractivity contribution in [3.63, 3.8) is 0 Å². The van der Waals surface area contributed by atoms with E-state index in [0.29, 0.717) is 18.3 Å². The van der Waals surface area contributed by atoms with Gasteiger partial charge in [-0.15, -0.1) is 0 Å².